The molecule has 0 atom stereocenters. The number of alkyl halides is 1. The van der Waals surface area contributed by atoms with Crippen LogP contribution in [0.3, 0.4) is 0 Å². The summed E-state index contributed by atoms with van der Waals surface area (Å²) in [7, 11) is 0. The lowest BCUT2D eigenvalue weighted by Crippen LogP contribution is -2.34. The number of hydrogen-bond acceptors (Lipinski definition) is 1. The monoisotopic (exact) mass is 305 g/mol. The van der Waals surface area contributed by atoms with Crippen molar-refractivity contribution < 1.29 is 9.18 Å². The first kappa shape index (κ1) is 16.3. The molecule has 19 heavy (non-hydrogen) atoms. The van der Waals surface area contributed by atoms with Gasteiger partial charge in [0, 0.05) is 12.4 Å². The van der Waals surface area contributed by atoms with Gasteiger partial charge in [0.2, 0.25) is 0 Å². The zero-order valence-corrected chi connectivity index (χ0v) is 12.6. The normalized spacial score (nSPS) is 11.4. The molecule has 2 nitrogen and oxygen atoms in total. The van der Waals surface area contributed by atoms with Crippen LogP contribution in [0.2, 0.25) is 5.02 Å². The van der Waals surface area contributed by atoms with E-state index in [0.717, 1.165) is 12.8 Å². The second kappa shape index (κ2) is 7.11. The van der Waals surface area contributed by atoms with Crippen LogP contribution in [0.15, 0.2) is 18.2 Å². The topological polar surface area (TPSA) is 29.1 Å². The molecule has 1 rings (SSSR count). The summed E-state index contributed by atoms with van der Waals surface area (Å²) >= 11 is 11.5. The quantitative estimate of drug-likeness (QED) is 0.782. The molecule has 0 heterocycles. The molecule has 1 aromatic carbocycles. The van der Waals surface area contributed by atoms with Crippen molar-refractivity contribution in [1.29, 1.82) is 0 Å². The molecule has 0 aromatic heterocycles. The first-order valence-electron chi connectivity index (χ1n) is 6.15. The summed E-state index contributed by atoms with van der Waals surface area (Å²) in [5.41, 5.74) is -0.181. The summed E-state index contributed by atoms with van der Waals surface area (Å²) in [4.78, 5) is 11.9. The van der Waals surface area contributed by atoms with Gasteiger partial charge in [-0.05, 0) is 30.4 Å². The molecule has 1 N–H and O–H groups in total. The van der Waals surface area contributed by atoms with E-state index in [2.05, 4.69) is 5.32 Å². The third kappa shape index (κ3) is 5.00. The predicted octanol–water partition coefficient (Wildman–Crippen LogP) is 4.25. The number of carbonyl (C=O) groups excluding carboxylic acids is 1. The van der Waals surface area contributed by atoms with Gasteiger partial charge >= 0.3 is 0 Å². The van der Waals surface area contributed by atoms with E-state index in [9.17, 15) is 9.18 Å². The second-order valence-electron chi connectivity index (χ2n) is 5.24. The standard InChI is InChI=1S/C14H18Cl2FNO/c1-14(2,7-4-8-15)9-18-13(19)12-10(16)5-3-6-11(12)17/h3,5-6H,4,7-9H2,1-2H3,(H,18,19). The molecule has 0 bridgehead atoms. The highest BCUT2D eigenvalue weighted by molar-refractivity contribution is 6.33. The summed E-state index contributed by atoms with van der Waals surface area (Å²) in [6.45, 7) is 4.51. The minimum atomic E-state index is -0.608. The molecule has 1 aromatic rings. The summed E-state index contributed by atoms with van der Waals surface area (Å²) in [5.74, 6) is -0.498. The van der Waals surface area contributed by atoms with Gasteiger partial charge in [-0.25, -0.2) is 4.39 Å². The van der Waals surface area contributed by atoms with Gasteiger partial charge in [0.1, 0.15) is 5.82 Å². The molecule has 0 spiro atoms. The molecule has 0 saturated heterocycles. The number of carbonyl (C=O) groups is 1. The van der Waals surface area contributed by atoms with Crippen molar-refractivity contribution in [1.82, 2.24) is 5.32 Å². The number of amides is 1. The van der Waals surface area contributed by atoms with Crippen LogP contribution >= 0.6 is 23.2 Å². The Bertz CT molecular complexity index is 429. The van der Waals surface area contributed by atoms with Crippen LogP contribution in [0.4, 0.5) is 4.39 Å². The fraction of sp³-hybridized carbons (Fsp3) is 0.500. The highest BCUT2D eigenvalue weighted by Crippen LogP contribution is 2.23. The molecule has 1 amide bonds. The lowest BCUT2D eigenvalue weighted by Gasteiger charge is -2.24. The van der Waals surface area contributed by atoms with Crippen LogP contribution < -0.4 is 5.32 Å². The number of benzene rings is 1. The maximum atomic E-state index is 13.6. The lowest BCUT2D eigenvalue weighted by atomic mass is 9.88. The Hall–Kier alpha value is -0.800. The van der Waals surface area contributed by atoms with Crippen molar-refractivity contribution in [3.63, 3.8) is 0 Å². The molecule has 0 fully saturated rings. The zero-order valence-electron chi connectivity index (χ0n) is 11.1. The Morgan fingerprint density at radius 3 is 2.68 bits per heavy atom. The minimum Gasteiger partial charge on any atom is -0.351 e. The number of rotatable bonds is 6. The lowest BCUT2D eigenvalue weighted by molar-refractivity contribution is 0.0930. The fourth-order valence-electron chi connectivity index (χ4n) is 1.76. The van der Waals surface area contributed by atoms with Gasteiger partial charge in [-0.2, -0.15) is 0 Å². The van der Waals surface area contributed by atoms with Gasteiger partial charge in [0.25, 0.3) is 5.91 Å². The number of hydrogen-bond donors (Lipinski definition) is 1. The van der Waals surface area contributed by atoms with Crippen molar-refractivity contribution in [3.8, 4) is 0 Å². The highest BCUT2D eigenvalue weighted by atomic mass is 35.5. The smallest absolute Gasteiger partial charge is 0.255 e. The van der Waals surface area contributed by atoms with E-state index in [1.165, 1.54) is 18.2 Å². The summed E-state index contributed by atoms with van der Waals surface area (Å²) in [6, 6.07) is 4.19. The van der Waals surface area contributed by atoms with Crippen molar-refractivity contribution in [2.75, 3.05) is 12.4 Å². The predicted molar refractivity (Wildman–Crippen MR) is 77.5 cm³/mol. The van der Waals surface area contributed by atoms with Crippen LogP contribution in [0, 0.1) is 11.2 Å². The Morgan fingerprint density at radius 1 is 1.42 bits per heavy atom. The first-order valence-corrected chi connectivity index (χ1v) is 7.07. The molecular formula is C14H18Cl2FNO. The van der Waals surface area contributed by atoms with E-state index in [-0.39, 0.29) is 16.0 Å². The first-order chi connectivity index (χ1) is 8.87. The van der Waals surface area contributed by atoms with Crippen LogP contribution in [0.1, 0.15) is 37.0 Å². The van der Waals surface area contributed by atoms with E-state index in [0.29, 0.717) is 12.4 Å². The average Bonchev–Trinajstić information content (AvgIpc) is 2.34. The highest BCUT2D eigenvalue weighted by Gasteiger charge is 2.21. The Balaban J connectivity index is 2.66. The zero-order chi connectivity index (χ0) is 14.5. The summed E-state index contributed by atoms with van der Waals surface area (Å²) in [5, 5.41) is 2.84. The maximum absolute atomic E-state index is 13.6. The Kier molecular flexibility index (Phi) is 6.08. The van der Waals surface area contributed by atoms with Crippen molar-refractivity contribution >= 4 is 29.1 Å². The molecule has 0 aliphatic carbocycles. The van der Waals surface area contributed by atoms with E-state index in [4.69, 9.17) is 23.2 Å². The second-order valence-corrected chi connectivity index (χ2v) is 6.02. The molecule has 5 heteroatoms. The Morgan fingerprint density at radius 2 is 2.11 bits per heavy atom. The molecule has 0 aliphatic rings. The van der Waals surface area contributed by atoms with E-state index in [1.54, 1.807) is 0 Å². The maximum Gasteiger partial charge on any atom is 0.255 e. The third-order valence-electron chi connectivity index (χ3n) is 2.90. The third-order valence-corrected chi connectivity index (χ3v) is 3.49. The van der Waals surface area contributed by atoms with E-state index >= 15 is 0 Å². The molecular weight excluding hydrogens is 288 g/mol. The molecule has 0 saturated carbocycles. The van der Waals surface area contributed by atoms with Crippen LogP contribution in [-0.4, -0.2) is 18.3 Å². The average molecular weight is 306 g/mol. The van der Waals surface area contributed by atoms with E-state index in [1.807, 2.05) is 13.8 Å². The van der Waals surface area contributed by atoms with Gasteiger partial charge in [-0.1, -0.05) is 31.5 Å². The van der Waals surface area contributed by atoms with Gasteiger partial charge in [0.15, 0.2) is 0 Å². The van der Waals surface area contributed by atoms with Crippen molar-refractivity contribution in [2.24, 2.45) is 5.41 Å². The SMILES string of the molecule is CC(C)(CCCCl)CNC(=O)c1c(F)cccc1Cl. The van der Waals surface area contributed by atoms with Gasteiger partial charge in [-0.15, -0.1) is 11.6 Å². The van der Waals surface area contributed by atoms with Gasteiger partial charge in [-0.3, -0.25) is 4.79 Å². The largest absolute Gasteiger partial charge is 0.351 e. The molecule has 0 radical (unpaired) electrons. The molecule has 106 valence electrons. The van der Waals surface area contributed by atoms with Crippen LogP contribution in [0.25, 0.3) is 0 Å². The minimum absolute atomic E-state index is 0.0811. The number of halogens is 3. The van der Waals surface area contributed by atoms with Gasteiger partial charge < -0.3 is 5.32 Å². The van der Waals surface area contributed by atoms with Crippen molar-refractivity contribution in [3.05, 3.63) is 34.6 Å². The van der Waals surface area contributed by atoms with Crippen LogP contribution in [-0.2, 0) is 0 Å². The molecule has 0 aliphatic heterocycles. The van der Waals surface area contributed by atoms with Gasteiger partial charge in [0.05, 0.1) is 10.6 Å². The van der Waals surface area contributed by atoms with Crippen LogP contribution in [0.5, 0.6) is 0 Å². The van der Waals surface area contributed by atoms with E-state index < -0.39 is 11.7 Å². The molecule has 0 unspecified atom stereocenters. The summed E-state index contributed by atoms with van der Waals surface area (Å²) < 4.78 is 13.6. The Labute approximate surface area is 123 Å². The fourth-order valence-corrected chi connectivity index (χ4v) is 2.14. The van der Waals surface area contributed by atoms with Crippen molar-refractivity contribution in [2.45, 2.75) is 26.7 Å². The number of nitrogens with one attached hydrogen (secondary N) is 1. The summed E-state index contributed by atoms with van der Waals surface area (Å²) in [6.07, 6.45) is 1.77.